The Hall–Kier alpha value is -6.41. The van der Waals surface area contributed by atoms with Crippen molar-refractivity contribution in [3.63, 3.8) is 0 Å². The predicted molar refractivity (Wildman–Crippen MR) is 238 cm³/mol. The number of aromatic nitrogens is 2. The third kappa shape index (κ3) is 16.5. The zero-order valence-corrected chi connectivity index (χ0v) is 34.8. The third-order valence-corrected chi connectivity index (χ3v) is 12.0. The molecule has 13 nitrogen and oxygen atoms in total. The minimum atomic E-state index is -3.37. The first-order chi connectivity index (χ1) is 28.3. The summed E-state index contributed by atoms with van der Waals surface area (Å²) < 4.78 is 50.7. The van der Waals surface area contributed by atoms with Gasteiger partial charge in [0.15, 0.2) is 19.7 Å². The third-order valence-electron chi connectivity index (χ3n) is 8.37. The number of amides is 4. The van der Waals surface area contributed by atoms with Crippen molar-refractivity contribution in [1.82, 2.24) is 20.6 Å². The molecule has 310 valence electrons. The number of nitrogens with one attached hydrogen (secondary N) is 4. The first kappa shape index (κ1) is 46.3. The van der Waals surface area contributed by atoms with E-state index in [2.05, 4.69) is 47.2 Å². The van der Waals surface area contributed by atoms with Crippen LogP contribution in [0.1, 0.15) is 46.4 Å². The summed E-state index contributed by atoms with van der Waals surface area (Å²) in [4.78, 5) is 31.8. The first-order valence-corrected chi connectivity index (χ1v) is 22.5. The minimum absolute atomic E-state index is 0. The average molecular weight is 911 g/mol. The summed E-state index contributed by atoms with van der Waals surface area (Å²) in [6.07, 6.45) is 6.64. The number of nitrogens with zero attached hydrogens (tertiary/aromatic N) is 3. The molecule has 0 saturated carbocycles. The van der Waals surface area contributed by atoms with Gasteiger partial charge in [-0.3, -0.25) is 9.97 Å². The molecule has 0 spiro atoms. The molecule has 60 heavy (non-hydrogen) atoms. The molecule has 4 amide bonds. The van der Waals surface area contributed by atoms with Gasteiger partial charge < -0.3 is 21.3 Å². The number of urea groups is 2. The maximum atomic E-state index is 12.5. The van der Waals surface area contributed by atoms with E-state index in [9.17, 15) is 26.4 Å². The second-order valence-electron chi connectivity index (χ2n) is 13.2. The van der Waals surface area contributed by atoms with E-state index in [1.54, 1.807) is 110 Å². The van der Waals surface area contributed by atoms with E-state index in [1.807, 2.05) is 42.5 Å². The molecule has 0 radical (unpaired) electrons. The summed E-state index contributed by atoms with van der Waals surface area (Å²) in [5.74, 6) is -0.285. The Balaban J connectivity index is 0.000000260. The van der Waals surface area contributed by atoms with E-state index >= 15 is 0 Å². The van der Waals surface area contributed by atoms with Gasteiger partial charge >= 0.3 is 12.1 Å². The molecule has 0 aliphatic heterocycles. The molecule has 4 N–H and O–H groups in total. The Kier molecular flexibility index (Phi) is 17.5. The lowest BCUT2D eigenvalue weighted by molar-refractivity contribution is 0.251. The highest BCUT2D eigenvalue weighted by Crippen LogP contribution is 2.18. The number of anilines is 2. The van der Waals surface area contributed by atoms with Gasteiger partial charge in [0.25, 0.3) is 0 Å². The average Bonchev–Trinajstić information content (AvgIpc) is 3.22. The van der Waals surface area contributed by atoms with Crippen LogP contribution in [0.2, 0.25) is 0 Å². The molecule has 2 aromatic heterocycles. The normalized spacial score (nSPS) is 10.7. The first-order valence-electron chi connectivity index (χ1n) is 18.0. The van der Waals surface area contributed by atoms with Crippen molar-refractivity contribution in [2.45, 2.75) is 43.5 Å². The van der Waals surface area contributed by atoms with Crippen molar-refractivity contribution in [1.29, 1.82) is 5.26 Å². The predicted octanol–water partition coefficient (Wildman–Crippen LogP) is 8.31. The number of carbonyl (C=O) groups excluding carboxylic acids is 2. The molecule has 4 aromatic carbocycles. The van der Waals surface area contributed by atoms with Gasteiger partial charge in [0, 0.05) is 53.7 Å². The van der Waals surface area contributed by atoms with E-state index in [4.69, 9.17) is 5.26 Å². The standard InChI is InChI=1S/C22H20N4O3S.C21H20BrN3O3S.CH4/c23-13-17-1-3-19(4-2-17)15-30(28,29)16-20-5-7-21(8-6-20)26-22(27)25-14-18-9-11-24-12-10-18;22-19-5-1-17(2-6-19)14-29(27,28)15-18-3-7-20(8-4-18)25-21(26)24-13-16-9-11-23-12-10-16;/h1-12H,14-16H2,(H2,25,26,27);1-12H,13-15H2,(H2,24,25,26);1H4. The van der Waals surface area contributed by atoms with Gasteiger partial charge in [-0.15, -0.1) is 0 Å². The molecule has 2 heterocycles. The quantitative estimate of drug-likeness (QED) is 0.0830. The van der Waals surface area contributed by atoms with Crippen LogP contribution in [0.15, 0.2) is 151 Å². The molecule has 16 heteroatoms. The maximum Gasteiger partial charge on any atom is 0.319 e. The Morgan fingerprint density at radius 2 is 0.817 bits per heavy atom. The largest absolute Gasteiger partial charge is 0.334 e. The van der Waals surface area contributed by atoms with Crippen LogP contribution in [0.5, 0.6) is 0 Å². The maximum absolute atomic E-state index is 12.5. The number of carbonyl (C=O) groups is 2. The topological polar surface area (TPSA) is 200 Å². The summed E-state index contributed by atoms with van der Waals surface area (Å²) in [6, 6.07) is 35.8. The number of rotatable bonds is 14. The van der Waals surface area contributed by atoms with Crippen molar-refractivity contribution in [3.8, 4) is 6.07 Å². The number of hydrogen-bond acceptors (Lipinski definition) is 9. The molecule has 0 bridgehead atoms. The van der Waals surface area contributed by atoms with Crippen LogP contribution in [0.25, 0.3) is 0 Å². The van der Waals surface area contributed by atoms with E-state index < -0.39 is 19.7 Å². The molecule has 6 aromatic rings. The molecule has 0 aliphatic rings. The lowest BCUT2D eigenvalue weighted by atomic mass is 10.2. The van der Waals surface area contributed by atoms with E-state index in [1.165, 1.54) is 0 Å². The highest BCUT2D eigenvalue weighted by Gasteiger charge is 2.15. The number of benzene rings is 4. The smallest absolute Gasteiger partial charge is 0.319 e. The Bertz CT molecular complexity index is 2560. The van der Waals surface area contributed by atoms with Crippen molar-refractivity contribution < 1.29 is 26.4 Å². The van der Waals surface area contributed by atoms with Crippen LogP contribution in [-0.2, 0) is 55.8 Å². The molecule has 0 saturated heterocycles. The molecule has 0 fully saturated rings. The fraction of sp³-hybridized carbons (Fsp3) is 0.159. The molecule has 0 unspecified atom stereocenters. The number of hydrogen-bond donors (Lipinski definition) is 4. The Morgan fingerprint density at radius 3 is 1.15 bits per heavy atom. The summed E-state index contributed by atoms with van der Waals surface area (Å²) in [5, 5.41) is 19.7. The zero-order chi connectivity index (χ0) is 42.1. The second kappa shape index (κ2) is 22.7. The fourth-order valence-electron chi connectivity index (χ4n) is 5.46. The number of nitriles is 1. The molecule has 0 atom stereocenters. The minimum Gasteiger partial charge on any atom is -0.334 e. The van der Waals surface area contributed by atoms with Crippen molar-refractivity contribution in [3.05, 3.63) is 190 Å². The Morgan fingerprint density at radius 1 is 0.500 bits per heavy atom. The van der Waals surface area contributed by atoms with E-state index in [0.29, 0.717) is 46.7 Å². The van der Waals surface area contributed by atoms with Gasteiger partial charge in [0.05, 0.1) is 34.6 Å². The van der Waals surface area contributed by atoms with Crippen LogP contribution in [0.4, 0.5) is 21.0 Å². The number of halogens is 1. The zero-order valence-electron chi connectivity index (χ0n) is 31.6. The van der Waals surface area contributed by atoms with Gasteiger partial charge in [0.1, 0.15) is 0 Å². The molecular weight excluding hydrogens is 867 g/mol. The number of pyridine rings is 2. The van der Waals surface area contributed by atoms with Crippen LogP contribution in [0, 0.1) is 11.3 Å². The van der Waals surface area contributed by atoms with Crippen LogP contribution < -0.4 is 21.3 Å². The van der Waals surface area contributed by atoms with Crippen LogP contribution >= 0.6 is 15.9 Å². The number of sulfone groups is 2. The van der Waals surface area contributed by atoms with Crippen molar-refractivity contribution in [2.24, 2.45) is 0 Å². The highest BCUT2D eigenvalue weighted by atomic mass is 79.9. The van der Waals surface area contributed by atoms with Gasteiger partial charge in [0.2, 0.25) is 0 Å². The van der Waals surface area contributed by atoms with Crippen molar-refractivity contribution >= 4 is 59.0 Å². The Labute approximate surface area is 359 Å². The monoisotopic (exact) mass is 909 g/mol. The summed E-state index contributed by atoms with van der Waals surface area (Å²) in [7, 11) is -6.67. The van der Waals surface area contributed by atoms with Crippen LogP contribution in [0.3, 0.4) is 0 Å². The SMILES string of the molecule is C.N#Cc1ccc(CS(=O)(=O)Cc2ccc(NC(=O)NCc3ccncc3)cc2)cc1.O=C(NCc1ccncc1)Nc1ccc(CS(=O)(=O)Cc2ccc(Br)cc2)cc1. The summed E-state index contributed by atoms with van der Waals surface area (Å²) in [6.45, 7) is 0.765. The lowest BCUT2D eigenvalue weighted by Gasteiger charge is -2.09. The molecular formula is C44H44BrN7O6S2. The van der Waals surface area contributed by atoms with Gasteiger partial charge in [-0.05, 0) is 106 Å². The highest BCUT2D eigenvalue weighted by molar-refractivity contribution is 9.10. The second-order valence-corrected chi connectivity index (χ2v) is 18.3. The molecule has 0 aliphatic carbocycles. The van der Waals surface area contributed by atoms with E-state index in [0.717, 1.165) is 21.2 Å². The van der Waals surface area contributed by atoms with Gasteiger partial charge in [-0.25, -0.2) is 26.4 Å². The fourth-order valence-corrected chi connectivity index (χ4v) is 8.73. The van der Waals surface area contributed by atoms with Gasteiger partial charge in [-0.1, -0.05) is 71.9 Å². The van der Waals surface area contributed by atoms with Crippen molar-refractivity contribution in [2.75, 3.05) is 10.6 Å². The van der Waals surface area contributed by atoms with Crippen LogP contribution in [-0.4, -0.2) is 38.9 Å². The van der Waals surface area contributed by atoms with Gasteiger partial charge in [-0.2, -0.15) is 5.26 Å². The van der Waals surface area contributed by atoms with E-state index in [-0.39, 0.29) is 42.5 Å². The lowest BCUT2D eigenvalue weighted by Crippen LogP contribution is -2.28. The summed E-state index contributed by atoms with van der Waals surface area (Å²) >= 11 is 3.34. The summed E-state index contributed by atoms with van der Waals surface area (Å²) in [5.41, 5.74) is 6.21. The molecule has 6 rings (SSSR count).